The molecule has 1 unspecified atom stereocenters. The van der Waals surface area contributed by atoms with E-state index in [9.17, 15) is 44.3 Å². The largest absolute Gasteiger partial charge is 0.466 e. The summed E-state index contributed by atoms with van der Waals surface area (Å²) in [6.07, 6.45) is -6.10. The molecule has 2 N–H and O–H groups in total. The fourth-order valence-corrected chi connectivity index (χ4v) is 1.96. The smallest absolute Gasteiger partial charge is 0.410 e. The monoisotopic (exact) mass is 465 g/mol. The van der Waals surface area contributed by atoms with Gasteiger partial charge in [0.15, 0.2) is 0 Å². The third-order valence-electron chi connectivity index (χ3n) is 3.25. The molecule has 0 bridgehead atoms. The van der Waals surface area contributed by atoms with Gasteiger partial charge in [0.1, 0.15) is 6.61 Å². The molecule has 0 fully saturated rings. The zero-order chi connectivity index (χ0) is 23.4. The minimum absolute atomic E-state index is 0.214. The van der Waals surface area contributed by atoms with Gasteiger partial charge in [0, 0.05) is 6.54 Å². The zero-order valence-electron chi connectivity index (χ0n) is 14.6. The van der Waals surface area contributed by atoms with E-state index >= 15 is 0 Å². The van der Waals surface area contributed by atoms with Crippen molar-refractivity contribution in [1.29, 1.82) is 0 Å². The highest BCUT2D eigenvalue weighted by Crippen LogP contribution is 2.38. The summed E-state index contributed by atoms with van der Waals surface area (Å²) in [6.45, 7) is -1.09. The van der Waals surface area contributed by atoms with Crippen molar-refractivity contribution >= 4 is 22.0 Å². The number of amides is 1. The molecule has 0 radical (unpaired) electrons. The van der Waals surface area contributed by atoms with Gasteiger partial charge >= 0.3 is 39.2 Å². The van der Waals surface area contributed by atoms with E-state index in [1.165, 1.54) is 30.3 Å². The molecule has 0 aliphatic carbocycles. The molecule has 0 saturated heterocycles. The molecule has 1 atom stereocenters. The van der Waals surface area contributed by atoms with Gasteiger partial charge < -0.3 is 14.8 Å². The van der Waals surface area contributed by atoms with Gasteiger partial charge in [0.25, 0.3) is 0 Å². The van der Waals surface area contributed by atoms with Crippen LogP contribution in [0.2, 0.25) is 0 Å². The number of ether oxygens (including phenoxy) is 2. The van der Waals surface area contributed by atoms with Gasteiger partial charge in [-0.15, -0.1) is 0 Å². The number of halogens is 6. The molecular formula is C15H13F6NO7S. The molecule has 1 amide bonds. The number of carbonyl (C=O) groups is 2. The number of alkyl halides is 5. The van der Waals surface area contributed by atoms with E-state index in [0.717, 1.165) is 0 Å². The molecule has 0 aliphatic rings. The third kappa shape index (κ3) is 5.93. The Bertz CT molecular complexity index is 904. The molecule has 0 heterocycles. The van der Waals surface area contributed by atoms with Gasteiger partial charge in [0.05, 0.1) is 0 Å². The average molecular weight is 465 g/mol. The third-order valence-corrected chi connectivity index (χ3v) is 4.12. The summed E-state index contributed by atoms with van der Waals surface area (Å²) in [5.74, 6) is -11.9. The van der Waals surface area contributed by atoms with Crippen LogP contribution in [-0.4, -0.2) is 48.7 Å². The Morgan fingerprint density at radius 3 is 2.07 bits per heavy atom. The first-order valence-electron chi connectivity index (χ1n) is 7.49. The number of nitrogens with one attached hydrogen (secondary N) is 1. The van der Waals surface area contributed by atoms with Crippen LogP contribution in [0, 0.1) is 0 Å². The van der Waals surface area contributed by atoms with Crippen LogP contribution in [0.3, 0.4) is 0 Å². The Morgan fingerprint density at radius 1 is 1.10 bits per heavy atom. The quantitative estimate of drug-likeness (QED) is 0.188. The van der Waals surface area contributed by atoms with Crippen LogP contribution in [0.1, 0.15) is 5.56 Å². The maximum atomic E-state index is 13.6. The second-order valence-electron chi connectivity index (χ2n) is 5.48. The van der Waals surface area contributed by atoms with Crippen molar-refractivity contribution in [2.24, 2.45) is 0 Å². The lowest BCUT2D eigenvalue weighted by atomic mass is 10.2. The van der Waals surface area contributed by atoms with Crippen molar-refractivity contribution in [3.05, 3.63) is 48.3 Å². The van der Waals surface area contributed by atoms with Gasteiger partial charge in [-0.3, -0.25) is 9.35 Å². The molecular weight excluding hydrogens is 452 g/mol. The van der Waals surface area contributed by atoms with Crippen LogP contribution in [0.5, 0.6) is 0 Å². The first-order chi connectivity index (χ1) is 13.5. The Hall–Kier alpha value is -2.65. The molecule has 1 aromatic rings. The molecule has 0 aromatic heterocycles. The van der Waals surface area contributed by atoms with E-state index in [2.05, 4.69) is 16.1 Å². The van der Waals surface area contributed by atoms with Crippen molar-refractivity contribution in [1.82, 2.24) is 5.32 Å². The highest BCUT2D eigenvalue weighted by atomic mass is 32.2. The van der Waals surface area contributed by atoms with Gasteiger partial charge in [0.2, 0.25) is 5.83 Å². The van der Waals surface area contributed by atoms with Crippen LogP contribution < -0.4 is 5.32 Å². The van der Waals surface area contributed by atoms with Crippen LogP contribution in [-0.2, 0) is 35.7 Å². The lowest BCUT2D eigenvalue weighted by Gasteiger charge is -2.33. The lowest BCUT2D eigenvalue weighted by molar-refractivity contribution is -0.353. The minimum Gasteiger partial charge on any atom is -0.410 e. The molecule has 0 aliphatic heterocycles. The van der Waals surface area contributed by atoms with Gasteiger partial charge in [-0.05, 0) is 5.56 Å². The molecule has 168 valence electrons. The standard InChI is InChI=1S/C15H13F6NO7S/c1-9(16)11(23)29-14(15(19,20)21,28-8-13(17,18)30(25,26)27)12(24)22-7-10-5-3-2-4-6-10/h2-6H,1,7-8H2,(H,22,24)(H,25,26,27). The van der Waals surface area contributed by atoms with Crippen LogP contribution in [0.4, 0.5) is 26.3 Å². The number of benzene rings is 1. The molecule has 0 saturated carbocycles. The maximum Gasteiger partial charge on any atom is 0.466 e. The lowest BCUT2D eigenvalue weighted by Crippen LogP contribution is -2.62. The highest BCUT2D eigenvalue weighted by Gasteiger charge is 2.68. The summed E-state index contributed by atoms with van der Waals surface area (Å²) >= 11 is 0. The molecule has 15 heteroatoms. The summed E-state index contributed by atoms with van der Waals surface area (Å²) in [7, 11) is -6.29. The van der Waals surface area contributed by atoms with E-state index in [1.54, 1.807) is 5.32 Å². The number of esters is 1. The van der Waals surface area contributed by atoms with E-state index in [1.807, 2.05) is 0 Å². The zero-order valence-corrected chi connectivity index (χ0v) is 15.4. The Morgan fingerprint density at radius 2 is 1.63 bits per heavy atom. The molecule has 1 aromatic carbocycles. The second-order valence-corrected chi connectivity index (χ2v) is 7.03. The van der Waals surface area contributed by atoms with E-state index in [-0.39, 0.29) is 5.56 Å². The normalized spacial score (nSPS) is 14.5. The number of carbonyl (C=O) groups excluding carboxylic acids is 2. The van der Waals surface area contributed by atoms with Gasteiger partial charge in [-0.1, -0.05) is 36.9 Å². The van der Waals surface area contributed by atoms with E-state index < -0.39 is 58.2 Å². The van der Waals surface area contributed by atoms with E-state index in [4.69, 9.17) is 4.55 Å². The van der Waals surface area contributed by atoms with Crippen LogP contribution >= 0.6 is 0 Å². The van der Waals surface area contributed by atoms with Crippen molar-refractivity contribution in [2.75, 3.05) is 6.61 Å². The predicted octanol–water partition coefficient (Wildman–Crippen LogP) is 2.08. The van der Waals surface area contributed by atoms with Gasteiger partial charge in [-0.25, -0.2) is 4.79 Å². The SMILES string of the molecule is C=C(F)C(=O)OC(OCC(F)(F)S(=O)(=O)O)(C(=O)NCc1ccccc1)C(F)(F)F. The molecule has 1 rings (SSSR count). The van der Waals surface area contributed by atoms with Crippen molar-refractivity contribution in [2.45, 2.75) is 23.8 Å². The number of rotatable bonds is 9. The Kier molecular flexibility index (Phi) is 7.63. The topological polar surface area (TPSA) is 119 Å². The van der Waals surface area contributed by atoms with Crippen molar-refractivity contribution in [3.8, 4) is 0 Å². The summed E-state index contributed by atoms with van der Waals surface area (Å²) in [6, 6.07) is 7.10. The summed E-state index contributed by atoms with van der Waals surface area (Å²) < 4.78 is 117. The Labute approximate surface area is 165 Å². The first-order valence-corrected chi connectivity index (χ1v) is 8.93. The number of hydrogen-bond donors (Lipinski definition) is 2. The van der Waals surface area contributed by atoms with Crippen molar-refractivity contribution in [3.63, 3.8) is 0 Å². The fourth-order valence-electron chi connectivity index (χ4n) is 1.75. The fraction of sp³-hybridized carbons (Fsp3) is 0.333. The summed E-state index contributed by atoms with van der Waals surface area (Å²) in [5, 5.41) is -3.75. The summed E-state index contributed by atoms with van der Waals surface area (Å²) in [4.78, 5) is 23.5. The molecule has 30 heavy (non-hydrogen) atoms. The maximum absolute atomic E-state index is 13.6. The highest BCUT2D eigenvalue weighted by molar-refractivity contribution is 7.86. The second kappa shape index (κ2) is 9.01. The van der Waals surface area contributed by atoms with Crippen LogP contribution in [0.15, 0.2) is 42.7 Å². The molecule has 0 spiro atoms. The Balaban J connectivity index is 3.33. The average Bonchev–Trinajstić information content (AvgIpc) is 2.61. The minimum atomic E-state index is -6.29. The van der Waals surface area contributed by atoms with Crippen molar-refractivity contribution < 1.29 is 58.4 Å². The molecule has 8 nitrogen and oxygen atoms in total. The predicted molar refractivity (Wildman–Crippen MR) is 85.9 cm³/mol. The van der Waals surface area contributed by atoms with Crippen LogP contribution in [0.25, 0.3) is 0 Å². The number of hydrogen-bond acceptors (Lipinski definition) is 6. The van der Waals surface area contributed by atoms with Gasteiger partial charge in [-0.2, -0.15) is 34.8 Å². The van der Waals surface area contributed by atoms with E-state index in [0.29, 0.717) is 0 Å². The first kappa shape index (κ1) is 25.4. The summed E-state index contributed by atoms with van der Waals surface area (Å²) in [5.41, 5.74) is 0.214.